The van der Waals surface area contributed by atoms with E-state index in [2.05, 4.69) is 49.4 Å². The number of methoxy groups -OCH3 is 1. The van der Waals surface area contributed by atoms with Crippen molar-refractivity contribution in [3.05, 3.63) is 29.8 Å². The minimum atomic E-state index is 0.314. The first-order valence-corrected chi connectivity index (χ1v) is 7.26. The highest BCUT2D eigenvalue weighted by Crippen LogP contribution is 2.26. The van der Waals surface area contributed by atoms with Crippen LogP contribution in [0, 0.1) is 0 Å². The number of hydrogen-bond donors (Lipinski definition) is 2. The van der Waals surface area contributed by atoms with Gasteiger partial charge in [-0.2, -0.15) is 0 Å². The summed E-state index contributed by atoms with van der Waals surface area (Å²) in [5.74, 6) is 2.11. The minimum Gasteiger partial charge on any atom is -0.496 e. The van der Waals surface area contributed by atoms with Gasteiger partial charge in [-0.1, -0.05) is 25.1 Å². The van der Waals surface area contributed by atoms with E-state index in [1.807, 2.05) is 18.2 Å². The van der Waals surface area contributed by atoms with Crippen molar-refractivity contribution in [1.82, 2.24) is 10.6 Å². The highest BCUT2D eigenvalue weighted by atomic mass is 16.5. The number of nitrogens with zero attached hydrogens (tertiary/aromatic N) is 1. The number of hydrogen-bond acceptors (Lipinski definition) is 2. The van der Waals surface area contributed by atoms with Crippen LogP contribution in [0.5, 0.6) is 5.75 Å². The summed E-state index contributed by atoms with van der Waals surface area (Å²) in [6.45, 7) is 10.0. The Morgan fingerprint density at radius 3 is 2.55 bits per heavy atom. The van der Waals surface area contributed by atoms with Crippen LogP contribution in [0.15, 0.2) is 29.3 Å². The van der Waals surface area contributed by atoms with Crippen LogP contribution in [0.1, 0.15) is 39.2 Å². The molecule has 0 bridgehead atoms. The Balaban J connectivity index is 2.74. The van der Waals surface area contributed by atoms with Gasteiger partial charge in [0.25, 0.3) is 0 Å². The molecule has 0 heterocycles. The summed E-state index contributed by atoms with van der Waals surface area (Å²) in [7, 11) is 1.71. The second-order valence-electron chi connectivity index (χ2n) is 5.16. The van der Waals surface area contributed by atoms with Gasteiger partial charge in [0.15, 0.2) is 5.96 Å². The summed E-state index contributed by atoms with van der Waals surface area (Å²) in [5.41, 5.74) is 1.19. The molecule has 4 nitrogen and oxygen atoms in total. The van der Waals surface area contributed by atoms with Crippen LogP contribution in [0.3, 0.4) is 0 Å². The minimum absolute atomic E-state index is 0.314. The van der Waals surface area contributed by atoms with Crippen molar-refractivity contribution in [3.8, 4) is 5.75 Å². The standard InChI is InChI=1S/C16H27N3O/c1-6-17-16(19-12(2)3)18-11-13(4)14-9-7-8-10-15(14)20-5/h7-10,12-13H,6,11H2,1-5H3,(H2,17,18,19). The maximum absolute atomic E-state index is 5.41. The van der Waals surface area contributed by atoms with Crippen LogP contribution in [0.4, 0.5) is 0 Å². The predicted molar refractivity (Wildman–Crippen MR) is 85.7 cm³/mol. The molecule has 1 aromatic carbocycles. The van der Waals surface area contributed by atoms with Gasteiger partial charge in [0.1, 0.15) is 5.75 Å². The lowest BCUT2D eigenvalue weighted by Crippen LogP contribution is -2.41. The summed E-state index contributed by atoms with van der Waals surface area (Å²) in [6.07, 6.45) is 0. The zero-order valence-electron chi connectivity index (χ0n) is 13.2. The lowest BCUT2D eigenvalue weighted by atomic mass is 10.0. The number of para-hydroxylation sites is 1. The van der Waals surface area contributed by atoms with Crippen LogP contribution in [0.25, 0.3) is 0 Å². The van der Waals surface area contributed by atoms with Crippen LogP contribution in [-0.4, -0.2) is 32.2 Å². The van der Waals surface area contributed by atoms with E-state index in [4.69, 9.17) is 4.74 Å². The lowest BCUT2D eigenvalue weighted by molar-refractivity contribution is 0.406. The maximum Gasteiger partial charge on any atom is 0.191 e. The van der Waals surface area contributed by atoms with Crippen molar-refractivity contribution >= 4 is 5.96 Å². The Morgan fingerprint density at radius 2 is 1.95 bits per heavy atom. The Morgan fingerprint density at radius 1 is 1.25 bits per heavy atom. The molecule has 0 fully saturated rings. The average molecular weight is 277 g/mol. The highest BCUT2D eigenvalue weighted by Gasteiger charge is 2.10. The number of rotatable bonds is 6. The van der Waals surface area contributed by atoms with Gasteiger partial charge in [-0.05, 0) is 32.4 Å². The molecule has 1 aromatic rings. The molecule has 0 aliphatic rings. The Hall–Kier alpha value is -1.71. The van der Waals surface area contributed by atoms with Crippen LogP contribution in [-0.2, 0) is 0 Å². The Labute approximate surface area is 122 Å². The molecule has 20 heavy (non-hydrogen) atoms. The number of benzene rings is 1. The topological polar surface area (TPSA) is 45.7 Å². The SMILES string of the molecule is CCNC(=NCC(C)c1ccccc1OC)NC(C)C. The average Bonchev–Trinajstić information content (AvgIpc) is 2.44. The molecule has 0 amide bonds. The van der Waals surface area contributed by atoms with Gasteiger partial charge in [0, 0.05) is 25.0 Å². The second kappa shape index (κ2) is 8.46. The van der Waals surface area contributed by atoms with Gasteiger partial charge in [-0.25, -0.2) is 0 Å². The van der Waals surface area contributed by atoms with Crippen molar-refractivity contribution in [2.75, 3.05) is 20.2 Å². The fourth-order valence-electron chi connectivity index (χ4n) is 1.99. The quantitative estimate of drug-likeness (QED) is 0.621. The lowest BCUT2D eigenvalue weighted by Gasteiger charge is -2.17. The molecule has 1 unspecified atom stereocenters. The van der Waals surface area contributed by atoms with E-state index >= 15 is 0 Å². The van der Waals surface area contributed by atoms with Gasteiger partial charge < -0.3 is 15.4 Å². The third kappa shape index (κ3) is 5.11. The number of aliphatic imine (C=N–C) groups is 1. The molecule has 4 heteroatoms. The molecular weight excluding hydrogens is 250 g/mol. The molecule has 1 atom stereocenters. The van der Waals surface area contributed by atoms with Gasteiger partial charge >= 0.3 is 0 Å². The van der Waals surface area contributed by atoms with Gasteiger partial charge in [-0.3, -0.25) is 4.99 Å². The number of ether oxygens (including phenoxy) is 1. The van der Waals surface area contributed by atoms with Crippen LogP contribution in [0.2, 0.25) is 0 Å². The molecule has 0 aromatic heterocycles. The third-order valence-electron chi connectivity index (χ3n) is 2.96. The first kappa shape index (κ1) is 16.3. The normalized spacial score (nSPS) is 13.2. The molecule has 2 N–H and O–H groups in total. The molecule has 0 radical (unpaired) electrons. The molecule has 0 spiro atoms. The van der Waals surface area contributed by atoms with E-state index in [9.17, 15) is 0 Å². The van der Waals surface area contributed by atoms with Gasteiger partial charge in [0.2, 0.25) is 0 Å². The van der Waals surface area contributed by atoms with Crippen LogP contribution < -0.4 is 15.4 Å². The van der Waals surface area contributed by atoms with Crippen molar-refractivity contribution in [3.63, 3.8) is 0 Å². The van der Waals surface area contributed by atoms with Crippen molar-refractivity contribution in [2.45, 2.75) is 39.7 Å². The number of guanidine groups is 1. The van der Waals surface area contributed by atoms with E-state index in [0.717, 1.165) is 24.8 Å². The summed E-state index contributed by atoms with van der Waals surface area (Å²) < 4.78 is 5.41. The first-order chi connectivity index (χ1) is 9.58. The first-order valence-electron chi connectivity index (χ1n) is 7.26. The summed E-state index contributed by atoms with van der Waals surface area (Å²) in [4.78, 5) is 4.64. The van der Waals surface area contributed by atoms with Gasteiger partial charge in [-0.15, -0.1) is 0 Å². The van der Waals surface area contributed by atoms with E-state index in [1.54, 1.807) is 7.11 Å². The monoisotopic (exact) mass is 277 g/mol. The maximum atomic E-state index is 5.41. The zero-order chi connectivity index (χ0) is 15.0. The molecule has 0 saturated heterocycles. The van der Waals surface area contributed by atoms with Crippen LogP contribution >= 0.6 is 0 Å². The molecule has 0 aliphatic heterocycles. The largest absolute Gasteiger partial charge is 0.496 e. The molecular formula is C16H27N3O. The number of nitrogens with one attached hydrogen (secondary N) is 2. The predicted octanol–water partition coefficient (Wildman–Crippen LogP) is 2.76. The fourth-order valence-corrected chi connectivity index (χ4v) is 1.99. The highest BCUT2D eigenvalue weighted by molar-refractivity contribution is 5.80. The Kier molecular flexibility index (Phi) is 6.91. The summed E-state index contributed by atoms with van der Waals surface area (Å²) in [6, 6.07) is 8.49. The zero-order valence-corrected chi connectivity index (χ0v) is 13.2. The molecule has 0 aliphatic carbocycles. The van der Waals surface area contributed by atoms with E-state index in [-0.39, 0.29) is 0 Å². The van der Waals surface area contributed by atoms with E-state index in [1.165, 1.54) is 5.56 Å². The van der Waals surface area contributed by atoms with Crippen molar-refractivity contribution in [2.24, 2.45) is 4.99 Å². The van der Waals surface area contributed by atoms with Crippen molar-refractivity contribution < 1.29 is 4.74 Å². The molecule has 112 valence electrons. The molecule has 0 saturated carbocycles. The van der Waals surface area contributed by atoms with Crippen molar-refractivity contribution in [1.29, 1.82) is 0 Å². The second-order valence-corrected chi connectivity index (χ2v) is 5.16. The molecule has 1 rings (SSSR count). The summed E-state index contributed by atoms with van der Waals surface area (Å²) >= 11 is 0. The van der Waals surface area contributed by atoms with E-state index < -0.39 is 0 Å². The fraction of sp³-hybridized carbons (Fsp3) is 0.562. The van der Waals surface area contributed by atoms with Gasteiger partial charge in [0.05, 0.1) is 7.11 Å². The Bertz CT molecular complexity index is 429. The third-order valence-corrected chi connectivity index (χ3v) is 2.96. The summed E-state index contributed by atoms with van der Waals surface area (Å²) in [5, 5.41) is 6.58. The van der Waals surface area contributed by atoms with E-state index in [0.29, 0.717) is 12.0 Å². The smallest absolute Gasteiger partial charge is 0.191 e.